The van der Waals surface area contributed by atoms with Gasteiger partial charge in [0.2, 0.25) is 0 Å². The van der Waals surface area contributed by atoms with Gasteiger partial charge in [-0.05, 0) is 40.1 Å². The average Bonchev–Trinajstić information content (AvgIpc) is 2.79. The normalized spacial score (nSPS) is 11.2. The van der Waals surface area contributed by atoms with Gasteiger partial charge in [-0.3, -0.25) is 10.1 Å². The van der Waals surface area contributed by atoms with Crippen LogP contribution in [-0.4, -0.2) is 9.91 Å². The summed E-state index contributed by atoms with van der Waals surface area (Å²) in [6, 6.07) is 27.6. The molecule has 0 atom stereocenters. The van der Waals surface area contributed by atoms with Crippen molar-refractivity contribution < 1.29 is 4.92 Å². The molecule has 1 aromatic heterocycles. The van der Waals surface area contributed by atoms with Crippen molar-refractivity contribution in [2.75, 3.05) is 0 Å². The predicted octanol–water partition coefficient (Wildman–Crippen LogP) is 6.97. The lowest BCUT2D eigenvalue weighted by Gasteiger charge is -2.05. The van der Waals surface area contributed by atoms with Crippen LogP contribution in [0.4, 0.5) is 5.69 Å². The van der Waals surface area contributed by atoms with Crippen LogP contribution in [0.25, 0.3) is 43.4 Å². The lowest BCUT2D eigenvalue weighted by Crippen LogP contribution is -1.90. The number of nitro groups is 1. The van der Waals surface area contributed by atoms with Crippen molar-refractivity contribution in [1.29, 1.82) is 0 Å². The zero-order chi connectivity index (χ0) is 20.0. The molecule has 1 heterocycles. The average molecular weight is 378 g/mol. The van der Waals surface area contributed by atoms with Gasteiger partial charge in [0, 0.05) is 22.4 Å². The van der Waals surface area contributed by atoms with Gasteiger partial charge in [0.25, 0.3) is 5.69 Å². The Bertz CT molecular complexity index is 1500. The van der Waals surface area contributed by atoms with Crippen LogP contribution in [0.2, 0.25) is 0 Å². The van der Waals surface area contributed by atoms with Gasteiger partial charge >= 0.3 is 0 Å². The Kier molecular flexibility index (Phi) is 3.91. The van der Waals surface area contributed by atoms with Gasteiger partial charge in [-0.2, -0.15) is 0 Å². The number of aromatic amines is 1. The highest BCUT2D eigenvalue weighted by atomic mass is 16.6. The highest BCUT2D eigenvalue weighted by molar-refractivity contribution is 6.20. The minimum Gasteiger partial charge on any atom is -0.349 e. The highest BCUT2D eigenvalue weighted by Gasteiger charge is 2.14. The summed E-state index contributed by atoms with van der Waals surface area (Å²) in [6.45, 7) is 2.10. The third-order valence-electron chi connectivity index (χ3n) is 5.48. The number of para-hydroxylation sites is 2. The fourth-order valence-corrected chi connectivity index (χ4v) is 4.20. The van der Waals surface area contributed by atoms with Crippen molar-refractivity contribution in [3.8, 4) is 0 Å². The fourth-order valence-electron chi connectivity index (χ4n) is 4.20. The maximum Gasteiger partial charge on any atom is 0.293 e. The van der Waals surface area contributed by atoms with Crippen molar-refractivity contribution in [3.63, 3.8) is 0 Å². The molecule has 29 heavy (non-hydrogen) atoms. The maximum atomic E-state index is 11.8. The number of nitro benzene ring substituents is 1. The van der Waals surface area contributed by atoms with E-state index >= 15 is 0 Å². The molecule has 0 saturated carbocycles. The first kappa shape index (κ1) is 17.2. The Balaban J connectivity index is 2.28. The summed E-state index contributed by atoms with van der Waals surface area (Å²) in [6.07, 6.45) is 0. The van der Waals surface area contributed by atoms with E-state index in [9.17, 15) is 10.1 Å². The Morgan fingerprint density at radius 1 is 0.690 bits per heavy atom. The number of nitrogens with zero attached hydrogens (tertiary/aromatic N) is 1. The van der Waals surface area contributed by atoms with Crippen LogP contribution in [0.15, 0.2) is 84.9 Å². The van der Waals surface area contributed by atoms with E-state index in [0.29, 0.717) is 5.52 Å². The molecule has 0 radical (unpaired) electrons. The third kappa shape index (κ3) is 2.69. The number of fused-ring (bicyclic) bond motifs is 7. The topological polar surface area (TPSA) is 58.9 Å². The molecular weight excluding hydrogens is 360 g/mol. The van der Waals surface area contributed by atoms with Crippen molar-refractivity contribution in [2.45, 2.75) is 6.92 Å². The van der Waals surface area contributed by atoms with E-state index in [1.165, 1.54) is 0 Å². The van der Waals surface area contributed by atoms with E-state index in [4.69, 9.17) is 0 Å². The molecule has 140 valence electrons. The molecule has 5 rings (SSSR count). The van der Waals surface area contributed by atoms with Gasteiger partial charge in [0.15, 0.2) is 0 Å². The first-order chi connectivity index (χ1) is 14.1. The second-order valence-electron chi connectivity index (χ2n) is 7.17. The lowest BCUT2D eigenvalue weighted by molar-refractivity contribution is -0.383. The van der Waals surface area contributed by atoms with Gasteiger partial charge in [0.1, 0.15) is 5.52 Å². The number of aryl methyl sites for hydroxylation is 1. The monoisotopic (exact) mass is 378 g/mol. The van der Waals surface area contributed by atoms with Gasteiger partial charge < -0.3 is 4.98 Å². The second kappa shape index (κ2) is 6.60. The summed E-state index contributed by atoms with van der Waals surface area (Å²) in [7, 11) is 0. The van der Waals surface area contributed by atoms with Crippen molar-refractivity contribution in [3.05, 3.63) is 101 Å². The second-order valence-corrected chi connectivity index (χ2v) is 7.17. The van der Waals surface area contributed by atoms with E-state index in [-0.39, 0.29) is 10.6 Å². The molecule has 4 nitrogen and oxygen atoms in total. The molecule has 0 aliphatic heterocycles. The van der Waals surface area contributed by atoms with Crippen LogP contribution in [0.1, 0.15) is 5.56 Å². The first-order valence-corrected chi connectivity index (χ1v) is 9.48. The first-order valence-electron chi connectivity index (χ1n) is 9.48. The summed E-state index contributed by atoms with van der Waals surface area (Å²) >= 11 is 0. The van der Waals surface area contributed by atoms with Crippen molar-refractivity contribution in [1.82, 2.24) is 4.98 Å². The number of H-pyrrole nitrogens is 1. The standard InChI is InChI=1S/C25H18N2O2/c1-16-8-6-12-19-17-9-2-3-10-18(17)20-13-7-15-23(27(28)29)25(20)26-22-14-5-4-11-21(22)24(16)19/h2-15,26H,1H3. The van der Waals surface area contributed by atoms with E-state index in [1.807, 2.05) is 42.5 Å². The molecule has 0 amide bonds. The summed E-state index contributed by atoms with van der Waals surface area (Å²) in [5, 5.41) is 18.0. The van der Waals surface area contributed by atoms with Crippen molar-refractivity contribution in [2.24, 2.45) is 0 Å². The zero-order valence-corrected chi connectivity index (χ0v) is 15.8. The van der Waals surface area contributed by atoms with Crippen LogP contribution in [0.3, 0.4) is 0 Å². The van der Waals surface area contributed by atoms with Gasteiger partial charge in [0.05, 0.1) is 4.92 Å². The van der Waals surface area contributed by atoms with E-state index in [0.717, 1.165) is 43.4 Å². The minimum atomic E-state index is -0.326. The lowest BCUT2D eigenvalue weighted by atomic mass is 9.98. The number of nitrogens with one attached hydrogen (secondary N) is 1. The molecule has 4 heteroatoms. The Morgan fingerprint density at radius 2 is 1.28 bits per heavy atom. The van der Waals surface area contributed by atoms with E-state index in [1.54, 1.807) is 12.1 Å². The summed E-state index contributed by atoms with van der Waals surface area (Å²) < 4.78 is 0. The number of benzene rings is 4. The Hall–Kier alpha value is -3.92. The van der Waals surface area contributed by atoms with Gasteiger partial charge in [-0.25, -0.2) is 0 Å². The van der Waals surface area contributed by atoms with Crippen molar-refractivity contribution >= 4 is 49.0 Å². The van der Waals surface area contributed by atoms with Crippen LogP contribution in [0.5, 0.6) is 0 Å². The number of aromatic nitrogens is 1. The predicted molar refractivity (Wildman–Crippen MR) is 120 cm³/mol. The zero-order valence-electron chi connectivity index (χ0n) is 15.8. The molecule has 0 aliphatic rings. The smallest absolute Gasteiger partial charge is 0.293 e. The molecule has 0 fully saturated rings. The molecule has 0 unspecified atom stereocenters. The molecule has 0 bridgehead atoms. The SMILES string of the molecule is Cc1cccc2c3ccccc3c3cccc([N+](=O)[O-])c3[nH]c3ccccc3c12. The summed E-state index contributed by atoms with van der Waals surface area (Å²) in [5.41, 5.74) is 2.59. The molecule has 5 aromatic rings. The molecule has 0 aliphatic carbocycles. The quantitative estimate of drug-likeness (QED) is 0.253. The van der Waals surface area contributed by atoms with E-state index in [2.05, 4.69) is 42.2 Å². The minimum absolute atomic E-state index is 0.0646. The van der Waals surface area contributed by atoms with Crippen LogP contribution in [0, 0.1) is 17.0 Å². The van der Waals surface area contributed by atoms with Crippen LogP contribution >= 0.6 is 0 Å². The highest BCUT2D eigenvalue weighted by Crippen LogP contribution is 2.34. The number of non-ortho nitro benzene ring substituents is 1. The Morgan fingerprint density at radius 3 is 2.03 bits per heavy atom. The van der Waals surface area contributed by atoms with Crippen LogP contribution < -0.4 is 0 Å². The molecule has 1 N–H and O–H groups in total. The number of hydrogen-bond donors (Lipinski definition) is 1. The molecule has 4 aromatic carbocycles. The summed E-state index contributed by atoms with van der Waals surface area (Å²) in [4.78, 5) is 14.9. The largest absolute Gasteiger partial charge is 0.349 e. The fraction of sp³-hybridized carbons (Fsp3) is 0.0400. The summed E-state index contributed by atoms with van der Waals surface area (Å²) in [5.74, 6) is 0. The number of rotatable bonds is 1. The third-order valence-corrected chi connectivity index (χ3v) is 5.48. The van der Waals surface area contributed by atoms with Gasteiger partial charge in [-0.15, -0.1) is 0 Å². The number of hydrogen-bond acceptors (Lipinski definition) is 2. The molecular formula is C25H18N2O2. The maximum absolute atomic E-state index is 11.8. The Labute approximate surface area is 166 Å². The van der Waals surface area contributed by atoms with E-state index < -0.39 is 0 Å². The molecule has 0 spiro atoms. The van der Waals surface area contributed by atoms with Crippen LogP contribution in [-0.2, 0) is 0 Å². The molecule has 0 saturated heterocycles. The van der Waals surface area contributed by atoms with Gasteiger partial charge in [-0.1, -0.05) is 72.8 Å².